The number of rotatable bonds is 6. The van der Waals surface area contributed by atoms with Crippen molar-refractivity contribution in [2.75, 3.05) is 57.6 Å². The second kappa shape index (κ2) is 10.3. The lowest BCUT2D eigenvalue weighted by atomic mass is 10.00. The molecule has 0 aliphatic carbocycles. The van der Waals surface area contributed by atoms with Crippen molar-refractivity contribution in [3.8, 4) is 11.1 Å². The molecule has 1 aliphatic rings. The van der Waals surface area contributed by atoms with E-state index >= 15 is 4.39 Å². The van der Waals surface area contributed by atoms with E-state index in [9.17, 15) is 19.1 Å². The van der Waals surface area contributed by atoms with E-state index in [2.05, 4.69) is 25.2 Å². The molecule has 0 amide bonds. The Bertz CT molecular complexity index is 1950. The molecule has 1 atom stereocenters. The Morgan fingerprint density at radius 3 is 2.74 bits per heavy atom. The van der Waals surface area contributed by atoms with Gasteiger partial charge in [-0.05, 0) is 20.2 Å². The number of anilines is 2. The molecule has 1 aliphatic heterocycles. The molecule has 1 unspecified atom stereocenters. The van der Waals surface area contributed by atoms with Crippen molar-refractivity contribution < 1.29 is 23.4 Å². The zero-order chi connectivity index (χ0) is 29.9. The van der Waals surface area contributed by atoms with Crippen LogP contribution in [0.3, 0.4) is 0 Å². The number of carboxylic acid groups (broad SMARTS) is 1. The molecule has 4 aromatic heterocycles. The van der Waals surface area contributed by atoms with Crippen LogP contribution in [0.1, 0.15) is 10.4 Å². The molecular formula is C29H29F2N7O4. The fraction of sp³-hybridized carbons (Fsp3) is 0.310. The molecule has 1 saturated heterocycles. The number of carboxylic acids is 1. The average Bonchev–Trinajstić information content (AvgIpc) is 3.35. The molecular weight excluding hydrogens is 548 g/mol. The van der Waals surface area contributed by atoms with Crippen LogP contribution < -0.4 is 15.6 Å². The minimum Gasteiger partial charge on any atom is -0.477 e. The number of aromatic carboxylic acids is 1. The van der Waals surface area contributed by atoms with E-state index in [0.29, 0.717) is 70.9 Å². The molecule has 13 heteroatoms. The van der Waals surface area contributed by atoms with Gasteiger partial charge < -0.3 is 34.5 Å². The molecule has 0 radical (unpaired) electrons. The Morgan fingerprint density at radius 2 is 2.02 bits per heavy atom. The van der Waals surface area contributed by atoms with Crippen molar-refractivity contribution >= 4 is 50.3 Å². The highest BCUT2D eigenvalue weighted by Crippen LogP contribution is 2.43. The number of morpholine rings is 1. The van der Waals surface area contributed by atoms with Gasteiger partial charge in [0.15, 0.2) is 11.6 Å². The number of ether oxygens (including phenoxy) is 1. The number of nitrogens with one attached hydrogen (secondary N) is 2. The zero-order valence-electron chi connectivity index (χ0n) is 23.5. The minimum absolute atomic E-state index is 0.0483. The lowest BCUT2D eigenvalue weighted by Crippen LogP contribution is -2.46. The molecule has 218 valence electrons. The number of likely N-dealkylation sites (N-methyl/N-ethyl adjacent to an activating group) is 1. The summed E-state index contributed by atoms with van der Waals surface area (Å²) in [7, 11) is 7.13. The van der Waals surface area contributed by atoms with Gasteiger partial charge in [0, 0.05) is 69.5 Å². The van der Waals surface area contributed by atoms with Gasteiger partial charge in [0.1, 0.15) is 16.9 Å². The van der Waals surface area contributed by atoms with Crippen LogP contribution in [0.2, 0.25) is 0 Å². The zero-order valence-corrected chi connectivity index (χ0v) is 23.5. The lowest BCUT2D eigenvalue weighted by Gasteiger charge is -2.37. The second-order valence-corrected chi connectivity index (χ2v) is 10.7. The number of benzene rings is 1. The normalized spacial score (nSPS) is 15.8. The van der Waals surface area contributed by atoms with Crippen molar-refractivity contribution in [2.45, 2.75) is 6.10 Å². The maximum atomic E-state index is 15.6. The van der Waals surface area contributed by atoms with Crippen LogP contribution in [0.15, 0.2) is 35.5 Å². The van der Waals surface area contributed by atoms with Gasteiger partial charge >= 0.3 is 5.97 Å². The summed E-state index contributed by atoms with van der Waals surface area (Å²) < 4.78 is 38.0. The van der Waals surface area contributed by atoms with Crippen molar-refractivity contribution in [1.82, 2.24) is 24.4 Å². The van der Waals surface area contributed by atoms with Gasteiger partial charge in [0.05, 0.1) is 45.8 Å². The van der Waals surface area contributed by atoms with Gasteiger partial charge in [-0.15, -0.1) is 0 Å². The number of aryl methyl sites for hydroxylation is 1. The second-order valence-electron chi connectivity index (χ2n) is 10.7. The monoisotopic (exact) mass is 577 g/mol. The number of aromatic amines is 1. The largest absolute Gasteiger partial charge is 0.477 e. The summed E-state index contributed by atoms with van der Waals surface area (Å²) in [5.41, 5.74) is 1.94. The van der Waals surface area contributed by atoms with Crippen LogP contribution in [-0.2, 0) is 11.8 Å². The maximum absolute atomic E-state index is 15.6. The first-order valence-electron chi connectivity index (χ1n) is 13.3. The van der Waals surface area contributed by atoms with Gasteiger partial charge in [-0.3, -0.25) is 4.79 Å². The first-order valence-corrected chi connectivity index (χ1v) is 13.3. The highest BCUT2D eigenvalue weighted by atomic mass is 19.2. The van der Waals surface area contributed by atoms with Crippen molar-refractivity contribution in [3.63, 3.8) is 0 Å². The smallest absolute Gasteiger partial charge is 0.341 e. The number of pyridine rings is 3. The summed E-state index contributed by atoms with van der Waals surface area (Å²) in [6.45, 7) is 1.97. The van der Waals surface area contributed by atoms with Crippen LogP contribution in [0.25, 0.3) is 44.1 Å². The molecule has 42 heavy (non-hydrogen) atoms. The Hall–Kier alpha value is -4.62. The van der Waals surface area contributed by atoms with Crippen LogP contribution in [0.4, 0.5) is 20.2 Å². The molecule has 0 bridgehead atoms. The Labute approximate surface area is 238 Å². The highest BCUT2D eigenvalue weighted by Gasteiger charge is 2.29. The van der Waals surface area contributed by atoms with Gasteiger partial charge in [0.2, 0.25) is 5.43 Å². The lowest BCUT2D eigenvalue weighted by molar-refractivity contribution is 0.0249. The number of H-pyrrole nitrogens is 1. The highest BCUT2D eigenvalue weighted by molar-refractivity contribution is 6.18. The van der Waals surface area contributed by atoms with E-state index in [-0.39, 0.29) is 22.4 Å². The van der Waals surface area contributed by atoms with Gasteiger partial charge in [-0.1, -0.05) is 0 Å². The van der Waals surface area contributed by atoms with Crippen molar-refractivity contribution in [1.29, 1.82) is 0 Å². The third-order valence-electron chi connectivity index (χ3n) is 7.61. The quantitative estimate of drug-likeness (QED) is 0.278. The predicted molar refractivity (Wildman–Crippen MR) is 157 cm³/mol. The number of aromatic nitrogens is 4. The minimum atomic E-state index is -1.34. The Balaban J connectivity index is 1.68. The first kappa shape index (κ1) is 27.5. The van der Waals surface area contributed by atoms with E-state index in [1.54, 1.807) is 32.6 Å². The maximum Gasteiger partial charge on any atom is 0.341 e. The summed E-state index contributed by atoms with van der Waals surface area (Å²) in [4.78, 5) is 41.2. The van der Waals surface area contributed by atoms with Crippen LogP contribution in [0, 0.1) is 11.6 Å². The number of hydrogen-bond donors (Lipinski definition) is 3. The fourth-order valence-corrected chi connectivity index (χ4v) is 5.78. The topological polar surface area (TPSA) is 129 Å². The number of hydrogen-bond acceptors (Lipinski definition) is 8. The van der Waals surface area contributed by atoms with Gasteiger partial charge in [0.25, 0.3) is 0 Å². The third-order valence-corrected chi connectivity index (χ3v) is 7.61. The summed E-state index contributed by atoms with van der Waals surface area (Å²) in [6.07, 6.45) is 4.24. The fourth-order valence-electron chi connectivity index (χ4n) is 5.78. The molecule has 11 nitrogen and oxygen atoms in total. The summed E-state index contributed by atoms with van der Waals surface area (Å²) in [5, 5.41) is 13.0. The van der Waals surface area contributed by atoms with E-state index in [1.807, 2.05) is 19.0 Å². The Kier molecular flexibility index (Phi) is 6.78. The van der Waals surface area contributed by atoms with Crippen LogP contribution >= 0.6 is 0 Å². The average molecular weight is 578 g/mol. The Morgan fingerprint density at radius 1 is 1.24 bits per heavy atom. The molecule has 5 heterocycles. The van der Waals surface area contributed by atoms with Crippen molar-refractivity contribution in [2.24, 2.45) is 7.05 Å². The predicted octanol–water partition coefficient (Wildman–Crippen LogP) is 3.41. The molecule has 3 N–H and O–H groups in total. The molecule has 1 fully saturated rings. The molecule has 6 rings (SSSR count). The molecule has 1 aromatic carbocycles. The van der Waals surface area contributed by atoms with E-state index in [4.69, 9.17) is 4.74 Å². The summed E-state index contributed by atoms with van der Waals surface area (Å²) in [6, 6.07) is 2.67. The van der Waals surface area contributed by atoms with Gasteiger partial charge in [-0.2, -0.15) is 0 Å². The number of halogens is 2. The number of nitrogens with zero attached hydrogens (tertiary/aromatic N) is 5. The van der Waals surface area contributed by atoms with E-state index in [0.717, 1.165) is 6.07 Å². The van der Waals surface area contributed by atoms with E-state index < -0.39 is 23.0 Å². The molecule has 0 spiro atoms. The van der Waals surface area contributed by atoms with Crippen LogP contribution in [-0.4, -0.2) is 89.0 Å². The van der Waals surface area contributed by atoms with Gasteiger partial charge in [-0.25, -0.2) is 23.5 Å². The number of fused-ring (bicyclic) bond motifs is 4. The summed E-state index contributed by atoms with van der Waals surface area (Å²) in [5.74, 6) is -3.36. The molecule has 0 saturated carbocycles. The SMILES string of the molecule is CNc1cc(F)c(F)c2c1[nH]c1ncc(-c3cnc4c(c3)c(=O)c(C(=O)O)cn4C)c(N3CCOC(CN(C)C)C3)c12. The molecule has 5 aromatic rings. The van der Waals surface area contributed by atoms with Crippen molar-refractivity contribution in [3.05, 3.63) is 58.1 Å². The summed E-state index contributed by atoms with van der Waals surface area (Å²) >= 11 is 0. The van der Waals surface area contributed by atoms with Crippen LogP contribution in [0.5, 0.6) is 0 Å². The van der Waals surface area contributed by atoms with E-state index in [1.165, 1.54) is 10.8 Å². The third kappa shape index (κ3) is 4.41. The number of carbonyl (C=O) groups is 1. The first-order chi connectivity index (χ1) is 20.1. The standard InChI is InChI=1S/C29H29F2N7O4/c1-32-20-8-19(30)23(31)21-22-25(38-5-6-42-15(12-38)11-36(2)3)17(10-33-27(22)35-24(20)21)14-7-16-26(39)18(29(40)41)13-37(4)28(16)34-9-14/h7-10,13,15,32H,5-6,11-12H2,1-4H3,(H,33,35)(H,40,41).